The number of hydrogen-bond acceptors (Lipinski definition) is 5. The van der Waals surface area contributed by atoms with Crippen molar-refractivity contribution < 1.29 is 25.6 Å². The highest BCUT2D eigenvalue weighted by atomic mass is 32.2. The minimum atomic E-state index is -4.74. The summed E-state index contributed by atoms with van der Waals surface area (Å²) in [6.45, 7) is 1.75. The summed E-state index contributed by atoms with van der Waals surface area (Å²) in [6.07, 6.45) is 0. The van der Waals surface area contributed by atoms with Crippen molar-refractivity contribution in [3.05, 3.63) is 24.3 Å². The number of sulfonamides is 1. The summed E-state index contributed by atoms with van der Waals surface area (Å²) in [7, 11) is -8.22. The number of rotatable bonds is 8. The predicted molar refractivity (Wildman–Crippen MR) is 75.6 cm³/mol. The van der Waals surface area contributed by atoms with Gasteiger partial charge in [0.25, 0.3) is 0 Å². The topological polar surface area (TPSA) is 92.3 Å². The second kappa shape index (κ2) is 7.14. The van der Waals surface area contributed by atoms with E-state index >= 15 is 0 Å². The number of halogens is 2. The van der Waals surface area contributed by atoms with Crippen LogP contribution in [0.2, 0.25) is 0 Å². The Labute approximate surface area is 122 Å². The molecule has 120 valence electrons. The average Bonchev–Trinajstić information content (AvgIpc) is 2.38. The molecule has 0 bridgehead atoms. The summed E-state index contributed by atoms with van der Waals surface area (Å²) in [5.74, 6) is -3.84. The molecule has 0 amide bonds. The summed E-state index contributed by atoms with van der Waals surface area (Å²) in [4.78, 5) is -0.555. The van der Waals surface area contributed by atoms with E-state index in [0.29, 0.717) is 0 Å². The zero-order chi connectivity index (χ0) is 16.1. The molecule has 0 saturated carbocycles. The Kier molecular flexibility index (Phi) is 6.05. The molecule has 6 nitrogen and oxygen atoms in total. The van der Waals surface area contributed by atoms with Gasteiger partial charge in [-0.05, 0) is 12.1 Å². The van der Waals surface area contributed by atoms with Crippen LogP contribution in [0.15, 0.2) is 29.2 Å². The van der Waals surface area contributed by atoms with Gasteiger partial charge in [0, 0.05) is 13.1 Å². The SMILES string of the molecule is CCNS(=O)(=O)CCNc1ccccc1S(=O)(=O)C(F)F. The van der Waals surface area contributed by atoms with Gasteiger partial charge in [-0.3, -0.25) is 0 Å². The van der Waals surface area contributed by atoms with E-state index in [1.165, 1.54) is 18.2 Å². The van der Waals surface area contributed by atoms with Gasteiger partial charge in [0.2, 0.25) is 19.9 Å². The molecule has 21 heavy (non-hydrogen) atoms. The second-order valence-electron chi connectivity index (χ2n) is 4.05. The maximum Gasteiger partial charge on any atom is 0.341 e. The second-order valence-corrected chi connectivity index (χ2v) is 7.86. The summed E-state index contributed by atoms with van der Waals surface area (Å²) >= 11 is 0. The fourth-order valence-corrected chi connectivity index (χ4v) is 3.43. The first-order chi connectivity index (χ1) is 9.70. The van der Waals surface area contributed by atoms with Crippen molar-refractivity contribution in [2.45, 2.75) is 17.6 Å². The van der Waals surface area contributed by atoms with Crippen LogP contribution in [0.1, 0.15) is 6.92 Å². The van der Waals surface area contributed by atoms with E-state index in [-0.39, 0.29) is 24.5 Å². The fraction of sp³-hybridized carbons (Fsp3) is 0.455. The molecule has 0 aliphatic heterocycles. The maximum atomic E-state index is 12.6. The number of alkyl halides is 2. The third-order valence-corrected chi connectivity index (χ3v) is 5.39. The van der Waals surface area contributed by atoms with Gasteiger partial charge in [0.1, 0.15) is 0 Å². The van der Waals surface area contributed by atoms with Crippen LogP contribution in [0.3, 0.4) is 0 Å². The van der Waals surface area contributed by atoms with Crippen LogP contribution < -0.4 is 10.0 Å². The van der Waals surface area contributed by atoms with Gasteiger partial charge in [0.15, 0.2) is 0 Å². The molecule has 0 unspecified atom stereocenters. The van der Waals surface area contributed by atoms with E-state index in [9.17, 15) is 25.6 Å². The van der Waals surface area contributed by atoms with E-state index < -0.39 is 30.5 Å². The van der Waals surface area contributed by atoms with Gasteiger partial charge in [-0.25, -0.2) is 21.6 Å². The highest BCUT2D eigenvalue weighted by molar-refractivity contribution is 7.91. The van der Waals surface area contributed by atoms with E-state index in [1.807, 2.05) is 0 Å². The quantitative estimate of drug-likeness (QED) is 0.736. The Balaban J connectivity index is 2.87. The molecule has 0 atom stereocenters. The smallest absolute Gasteiger partial charge is 0.341 e. The van der Waals surface area contributed by atoms with Gasteiger partial charge < -0.3 is 5.32 Å². The third-order valence-electron chi connectivity index (χ3n) is 2.48. The van der Waals surface area contributed by atoms with Crippen LogP contribution in [-0.4, -0.2) is 41.4 Å². The molecule has 2 N–H and O–H groups in total. The summed E-state index contributed by atoms with van der Waals surface area (Å²) in [5, 5.41) is 2.56. The Morgan fingerprint density at radius 2 is 1.76 bits per heavy atom. The van der Waals surface area contributed by atoms with Gasteiger partial charge in [-0.1, -0.05) is 19.1 Å². The van der Waals surface area contributed by atoms with Crippen LogP contribution in [-0.2, 0) is 19.9 Å². The van der Waals surface area contributed by atoms with Gasteiger partial charge in [-0.15, -0.1) is 0 Å². The number of para-hydroxylation sites is 1. The van der Waals surface area contributed by atoms with Crippen LogP contribution in [0.5, 0.6) is 0 Å². The molecular formula is C11H16F2N2O4S2. The molecule has 10 heteroatoms. The van der Waals surface area contributed by atoms with E-state index in [0.717, 1.165) is 6.07 Å². The third kappa shape index (κ3) is 4.90. The Bertz CT molecular complexity index is 675. The van der Waals surface area contributed by atoms with Crippen LogP contribution in [0.25, 0.3) is 0 Å². The largest absolute Gasteiger partial charge is 0.383 e. The lowest BCUT2D eigenvalue weighted by Gasteiger charge is -2.12. The van der Waals surface area contributed by atoms with Crippen molar-refractivity contribution in [3.63, 3.8) is 0 Å². The van der Waals surface area contributed by atoms with Gasteiger partial charge in [0.05, 0.1) is 16.3 Å². The predicted octanol–water partition coefficient (Wildman–Crippen LogP) is 1.03. The fourth-order valence-electron chi connectivity index (χ4n) is 1.57. The zero-order valence-corrected chi connectivity index (χ0v) is 12.8. The number of benzene rings is 1. The summed E-state index contributed by atoms with van der Waals surface area (Å²) in [6, 6.07) is 5.12. The highest BCUT2D eigenvalue weighted by Crippen LogP contribution is 2.25. The Hall–Kier alpha value is -1.26. The van der Waals surface area contributed by atoms with Crippen LogP contribution in [0, 0.1) is 0 Å². The molecular weight excluding hydrogens is 326 g/mol. The minimum Gasteiger partial charge on any atom is -0.383 e. The first kappa shape index (κ1) is 17.8. The molecule has 0 heterocycles. The summed E-state index contributed by atoms with van der Waals surface area (Å²) < 4.78 is 73.2. The van der Waals surface area contributed by atoms with Crippen molar-refractivity contribution >= 4 is 25.5 Å². The monoisotopic (exact) mass is 342 g/mol. The standard InChI is InChI=1S/C11H16F2N2O4S2/c1-2-15-20(16,17)8-7-14-9-5-3-4-6-10(9)21(18,19)11(12)13/h3-6,11,14-15H,2,7-8H2,1H3. The molecule has 0 aromatic heterocycles. The number of anilines is 1. The first-order valence-electron chi connectivity index (χ1n) is 6.03. The molecule has 0 fully saturated rings. The molecule has 0 radical (unpaired) electrons. The maximum absolute atomic E-state index is 12.6. The molecule has 1 aromatic rings. The van der Waals surface area contributed by atoms with Crippen molar-refractivity contribution in [1.29, 1.82) is 0 Å². The number of hydrogen-bond donors (Lipinski definition) is 2. The van der Waals surface area contributed by atoms with Crippen molar-refractivity contribution in [2.24, 2.45) is 0 Å². The lowest BCUT2D eigenvalue weighted by molar-refractivity contribution is 0.235. The molecule has 1 rings (SSSR count). The van der Waals surface area contributed by atoms with E-state index in [2.05, 4.69) is 10.0 Å². The number of sulfone groups is 1. The average molecular weight is 342 g/mol. The lowest BCUT2D eigenvalue weighted by atomic mass is 10.3. The van der Waals surface area contributed by atoms with Gasteiger partial charge >= 0.3 is 5.76 Å². The highest BCUT2D eigenvalue weighted by Gasteiger charge is 2.28. The lowest BCUT2D eigenvalue weighted by Crippen LogP contribution is -2.29. The minimum absolute atomic E-state index is 0.0514. The molecule has 0 aliphatic rings. The van der Waals surface area contributed by atoms with Crippen molar-refractivity contribution in [3.8, 4) is 0 Å². The van der Waals surface area contributed by atoms with Crippen LogP contribution >= 0.6 is 0 Å². The first-order valence-corrected chi connectivity index (χ1v) is 9.23. The number of nitrogens with one attached hydrogen (secondary N) is 2. The molecule has 0 spiro atoms. The zero-order valence-electron chi connectivity index (χ0n) is 11.2. The molecule has 0 saturated heterocycles. The van der Waals surface area contributed by atoms with E-state index in [1.54, 1.807) is 6.92 Å². The van der Waals surface area contributed by atoms with Gasteiger partial charge in [-0.2, -0.15) is 8.78 Å². The normalized spacial score (nSPS) is 12.6. The van der Waals surface area contributed by atoms with Crippen molar-refractivity contribution in [2.75, 3.05) is 24.2 Å². The summed E-state index contributed by atoms with van der Waals surface area (Å²) in [5.41, 5.74) is -0.0514. The van der Waals surface area contributed by atoms with Crippen LogP contribution in [0.4, 0.5) is 14.5 Å². The van der Waals surface area contributed by atoms with Crippen molar-refractivity contribution in [1.82, 2.24) is 4.72 Å². The Morgan fingerprint density at radius 1 is 1.14 bits per heavy atom. The molecule has 1 aromatic carbocycles. The van der Waals surface area contributed by atoms with E-state index in [4.69, 9.17) is 0 Å². The Morgan fingerprint density at radius 3 is 2.33 bits per heavy atom. The molecule has 0 aliphatic carbocycles.